The number of rotatable bonds is 4. The lowest BCUT2D eigenvalue weighted by atomic mass is 10.1. The number of carbonyl (C=O) groups excluding carboxylic acids is 1. The molecule has 2 aromatic carbocycles. The van der Waals surface area contributed by atoms with E-state index in [9.17, 15) is 9.18 Å². The zero-order chi connectivity index (χ0) is 16.2. The van der Waals surface area contributed by atoms with Gasteiger partial charge in [0.15, 0.2) is 0 Å². The van der Waals surface area contributed by atoms with E-state index in [0.717, 1.165) is 17.4 Å². The van der Waals surface area contributed by atoms with Crippen molar-refractivity contribution in [3.05, 3.63) is 66.1 Å². The fraction of sp³-hybridized carbons (Fsp3) is 0.0588. The van der Waals surface area contributed by atoms with Gasteiger partial charge in [-0.15, -0.1) is 0 Å². The maximum atomic E-state index is 13.2. The molecule has 6 heteroatoms. The van der Waals surface area contributed by atoms with Gasteiger partial charge < -0.3 is 9.26 Å². The second kappa shape index (κ2) is 6.31. The number of hydrogen-bond donors (Lipinski definition) is 1. The lowest BCUT2D eigenvalue weighted by molar-refractivity contribution is 0.102. The van der Waals surface area contributed by atoms with Crippen LogP contribution < -0.4 is 10.1 Å². The van der Waals surface area contributed by atoms with Crippen LogP contribution in [0.2, 0.25) is 0 Å². The first kappa shape index (κ1) is 14.8. The number of aromatic nitrogens is 1. The summed E-state index contributed by atoms with van der Waals surface area (Å²) < 4.78 is 23.4. The first-order valence-electron chi connectivity index (χ1n) is 6.83. The Kier molecular flexibility index (Phi) is 4.05. The summed E-state index contributed by atoms with van der Waals surface area (Å²) >= 11 is 0. The highest BCUT2D eigenvalue weighted by molar-refractivity contribution is 6.05. The van der Waals surface area contributed by atoms with Crippen molar-refractivity contribution >= 4 is 11.8 Å². The summed E-state index contributed by atoms with van der Waals surface area (Å²) in [7, 11) is 1.58. The normalized spacial score (nSPS) is 10.3. The van der Waals surface area contributed by atoms with Crippen molar-refractivity contribution in [3.63, 3.8) is 0 Å². The number of amides is 1. The molecule has 1 amide bonds. The van der Waals surface area contributed by atoms with Crippen LogP contribution in [0.3, 0.4) is 0 Å². The Morgan fingerprint density at radius 1 is 1.22 bits per heavy atom. The molecule has 1 N–H and O–H groups in total. The highest BCUT2D eigenvalue weighted by Crippen LogP contribution is 2.29. The number of anilines is 1. The predicted octanol–water partition coefficient (Wildman–Crippen LogP) is 3.74. The summed E-state index contributed by atoms with van der Waals surface area (Å²) in [6.07, 6.45) is 1.50. The second-order valence-electron chi connectivity index (χ2n) is 4.76. The molecule has 0 saturated heterocycles. The van der Waals surface area contributed by atoms with E-state index in [4.69, 9.17) is 9.26 Å². The van der Waals surface area contributed by atoms with E-state index < -0.39 is 11.7 Å². The first-order valence-corrected chi connectivity index (χ1v) is 6.83. The molecule has 0 aliphatic heterocycles. The van der Waals surface area contributed by atoms with Crippen LogP contribution in [0, 0.1) is 5.82 Å². The molecule has 0 spiro atoms. The molecule has 0 bridgehead atoms. The molecule has 0 aliphatic rings. The fourth-order valence-corrected chi connectivity index (χ4v) is 2.11. The van der Waals surface area contributed by atoms with Gasteiger partial charge in [0.05, 0.1) is 18.9 Å². The molecule has 0 atom stereocenters. The highest BCUT2D eigenvalue weighted by atomic mass is 19.1. The lowest BCUT2D eigenvalue weighted by Gasteiger charge is -2.05. The van der Waals surface area contributed by atoms with Gasteiger partial charge in [0.25, 0.3) is 5.91 Å². The molecule has 1 aromatic heterocycles. The Bertz CT molecular complexity index is 828. The number of halogens is 1. The number of benzene rings is 2. The average Bonchev–Trinajstić information content (AvgIpc) is 3.03. The summed E-state index contributed by atoms with van der Waals surface area (Å²) in [5, 5.41) is 6.31. The Morgan fingerprint density at radius 3 is 2.70 bits per heavy atom. The molecule has 23 heavy (non-hydrogen) atoms. The third kappa shape index (κ3) is 3.21. The molecule has 0 unspecified atom stereocenters. The van der Waals surface area contributed by atoms with Crippen LogP contribution in [-0.4, -0.2) is 18.2 Å². The Hall–Kier alpha value is -3.15. The van der Waals surface area contributed by atoms with Crippen molar-refractivity contribution in [2.75, 3.05) is 12.4 Å². The number of hydrogen-bond acceptors (Lipinski definition) is 4. The molecule has 1 heterocycles. The Morgan fingerprint density at radius 2 is 2.00 bits per heavy atom. The van der Waals surface area contributed by atoms with E-state index in [-0.39, 0.29) is 11.4 Å². The van der Waals surface area contributed by atoms with E-state index >= 15 is 0 Å². The first-order chi connectivity index (χ1) is 11.2. The van der Waals surface area contributed by atoms with Crippen LogP contribution in [0.1, 0.15) is 10.4 Å². The SMILES string of the molecule is COc1ccc(-c2cnoc2NC(=O)c2cccc(F)c2)cc1. The van der Waals surface area contributed by atoms with Crippen molar-refractivity contribution in [1.29, 1.82) is 0 Å². The molecule has 116 valence electrons. The number of nitrogens with zero attached hydrogens (tertiary/aromatic N) is 1. The van der Waals surface area contributed by atoms with Gasteiger partial charge in [-0.25, -0.2) is 4.39 Å². The molecule has 5 nitrogen and oxygen atoms in total. The van der Waals surface area contributed by atoms with Crippen LogP contribution in [-0.2, 0) is 0 Å². The summed E-state index contributed by atoms with van der Waals surface area (Å²) in [5.41, 5.74) is 1.63. The van der Waals surface area contributed by atoms with Gasteiger partial charge in [-0.2, -0.15) is 0 Å². The van der Waals surface area contributed by atoms with E-state index in [2.05, 4.69) is 10.5 Å². The highest BCUT2D eigenvalue weighted by Gasteiger charge is 2.15. The molecular weight excluding hydrogens is 299 g/mol. The topological polar surface area (TPSA) is 64.4 Å². The Balaban J connectivity index is 1.84. The number of ether oxygens (including phenoxy) is 1. The molecule has 0 aliphatic carbocycles. The number of nitrogens with one attached hydrogen (secondary N) is 1. The molecule has 0 saturated carbocycles. The van der Waals surface area contributed by atoms with Crippen LogP contribution in [0.5, 0.6) is 5.75 Å². The van der Waals surface area contributed by atoms with Crippen LogP contribution >= 0.6 is 0 Å². The maximum absolute atomic E-state index is 13.2. The van der Waals surface area contributed by atoms with E-state index in [0.29, 0.717) is 5.56 Å². The fourth-order valence-electron chi connectivity index (χ4n) is 2.11. The average molecular weight is 312 g/mol. The summed E-state index contributed by atoms with van der Waals surface area (Å²) in [5.74, 6) is -0.0402. The predicted molar refractivity (Wildman–Crippen MR) is 82.8 cm³/mol. The molecule has 3 aromatic rings. The minimum absolute atomic E-state index is 0.196. The summed E-state index contributed by atoms with van der Waals surface area (Å²) in [6, 6.07) is 12.6. The molecular formula is C17H13FN2O3. The van der Waals surface area contributed by atoms with Gasteiger partial charge >= 0.3 is 0 Å². The van der Waals surface area contributed by atoms with Crippen LogP contribution in [0.4, 0.5) is 10.3 Å². The van der Waals surface area contributed by atoms with Crippen molar-refractivity contribution in [1.82, 2.24) is 5.16 Å². The van der Waals surface area contributed by atoms with E-state index in [1.54, 1.807) is 19.2 Å². The molecule has 0 fully saturated rings. The lowest BCUT2D eigenvalue weighted by Crippen LogP contribution is -2.12. The van der Waals surface area contributed by atoms with E-state index in [1.807, 2.05) is 12.1 Å². The maximum Gasteiger partial charge on any atom is 0.258 e. The van der Waals surface area contributed by atoms with Gasteiger partial charge in [0, 0.05) is 5.56 Å². The van der Waals surface area contributed by atoms with Crippen molar-refractivity contribution in [2.24, 2.45) is 0 Å². The standard InChI is InChI=1S/C17H13FN2O3/c1-22-14-7-5-11(6-8-14)15-10-19-23-17(15)20-16(21)12-3-2-4-13(18)9-12/h2-10H,1H3,(H,20,21). The van der Waals surface area contributed by atoms with Crippen molar-refractivity contribution in [3.8, 4) is 16.9 Å². The van der Waals surface area contributed by atoms with Crippen molar-refractivity contribution < 1.29 is 18.4 Å². The third-order valence-electron chi connectivity index (χ3n) is 3.29. The van der Waals surface area contributed by atoms with Crippen LogP contribution in [0.15, 0.2) is 59.3 Å². The molecule has 3 rings (SSSR count). The zero-order valence-corrected chi connectivity index (χ0v) is 12.2. The minimum atomic E-state index is -0.481. The summed E-state index contributed by atoms with van der Waals surface area (Å²) in [6.45, 7) is 0. The van der Waals surface area contributed by atoms with Gasteiger partial charge in [0.2, 0.25) is 5.88 Å². The van der Waals surface area contributed by atoms with Gasteiger partial charge in [-0.3, -0.25) is 10.1 Å². The van der Waals surface area contributed by atoms with E-state index in [1.165, 1.54) is 24.4 Å². The summed E-state index contributed by atoms with van der Waals surface area (Å²) in [4.78, 5) is 12.2. The van der Waals surface area contributed by atoms with Gasteiger partial charge in [-0.1, -0.05) is 23.4 Å². The Labute approximate surface area is 131 Å². The second-order valence-corrected chi connectivity index (χ2v) is 4.76. The van der Waals surface area contributed by atoms with Gasteiger partial charge in [0.1, 0.15) is 11.6 Å². The number of methoxy groups -OCH3 is 1. The number of carbonyl (C=O) groups is 1. The largest absolute Gasteiger partial charge is 0.497 e. The van der Waals surface area contributed by atoms with Crippen LogP contribution in [0.25, 0.3) is 11.1 Å². The zero-order valence-electron chi connectivity index (χ0n) is 12.2. The quantitative estimate of drug-likeness (QED) is 0.797. The minimum Gasteiger partial charge on any atom is -0.497 e. The monoisotopic (exact) mass is 312 g/mol. The molecule has 0 radical (unpaired) electrons. The van der Waals surface area contributed by atoms with Crippen molar-refractivity contribution in [2.45, 2.75) is 0 Å². The van der Waals surface area contributed by atoms with Gasteiger partial charge in [-0.05, 0) is 35.9 Å². The smallest absolute Gasteiger partial charge is 0.258 e. The third-order valence-corrected chi connectivity index (χ3v) is 3.29.